The van der Waals surface area contributed by atoms with Gasteiger partial charge in [-0.2, -0.15) is 5.26 Å². The van der Waals surface area contributed by atoms with Crippen LogP contribution in [0.1, 0.15) is 10.4 Å². The first-order valence-electron chi connectivity index (χ1n) is 7.36. The lowest BCUT2D eigenvalue weighted by Crippen LogP contribution is -2.17. The van der Waals surface area contributed by atoms with Crippen LogP contribution in [-0.4, -0.2) is 19.0 Å². The number of nitrogens with zero attached hydrogens (tertiary/aromatic N) is 1. The minimum atomic E-state index is -0.683. The number of carbonyl (C=O) groups excluding carboxylic acids is 2. The minimum absolute atomic E-state index is 0.180. The Hall–Kier alpha value is -3.50. The third kappa shape index (κ3) is 4.53. The van der Waals surface area contributed by atoms with Gasteiger partial charge in [0.05, 0.1) is 29.1 Å². The quantitative estimate of drug-likeness (QED) is 0.322. The molecular weight excluding hydrogens is 356 g/mol. The van der Waals surface area contributed by atoms with Crippen LogP contribution in [0.4, 0.5) is 17.1 Å². The average molecular weight is 371 g/mol. The highest BCUT2D eigenvalue weighted by Gasteiger charge is 2.15. The molecule has 0 fully saturated rings. The van der Waals surface area contributed by atoms with E-state index in [0.29, 0.717) is 16.4 Å². The summed E-state index contributed by atoms with van der Waals surface area (Å²) in [6.45, 7) is 0. The number of rotatable bonds is 5. The van der Waals surface area contributed by atoms with E-state index in [4.69, 9.17) is 17.3 Å². The number of anilines is 3. The fourth-order valence-corrected chi connectivity index (χ4v) is 2.17. The zero-order valence-electron chi connectivity index (χ0n) is 13.7. The summed E-state index contributed by atoms with van der Waals surface area (Å²) in [6, 6.07) is 12.9. The molecule has 0 radical (unpaired) electrons. The highest BCUT2D eigenvalue weighted by atomic mass is 35.5. The Morgan fingerprint density at radius 2 is 2.00 bits per heavy atom. The molecule has 26 heavy (non-hydrogen) atoms. The lowest BCUT2D eigenvalue weighted by Gasteiger charge is -2.09. The van der Waals surface area contributed by atoms with Crippen molar-refractivity contribution in [2.24, 2.45) is 0 Å². The maximum atomic E-state index is 12.3. The third-order valence-corrected chi connectivity index (χ3v) is 3.66. The van der Waals surface area contributed by atoms with Crippen LogP contribution in [0.2, 0.25) is 5.02 Å². The van der Waals surface area contributed by atoms with Gasteiger partial charge < -0.3 is 21.1 Å². The van der Waals surface area contributed by atoms with Crippen molar-refractivity contribution in [1.82, 2.24) is 0 Å². The molecule has 0 unspecified atom stereocenters. The average Bonchev–Trinajstić information content (AvgIpc) is 2.65. The molecule has 0 aromatic heterocycles. The van der Waals surface area contributed by atoms with E-state index in [1.807, 2.05) is 0 Å². The number of carbonyl (C=O) groups is 2. The third-order valence-electron chi connectivity index (χ3n) is 3.33. The van der Waals surface area contributed by atoms with Gasteiger partial charge in [-0.3, -0.25) is 4.79 Å². The van der Waals surface area contributed by atoms with Gasteiger partial charge in [0.2, 0.25) is 0 Å². The summed E-state index contributed by atoms with van der Waals surface area (Å²) in [7, 11) is 1.24. The number of benzene rings is 2. The number of methoxy groups -OCH3 is 1. The number of ether oxygens (including phenoxy) is 1. The first-order chi connectivity index (χ1) is 12.5. The second kappa shape index (κ2) is 8.55. The van der Waals surface area contributed by atoms with E-state index in [1.54, 1.807) is 36.4 Å². The fraction of sp³-hybridized carbons (Fsp3) is 0.0556. The Kier molecular flexibility index (Phi) is 6.20. The monoisotopic (exact) mass is 370 g/mol. The topological polar surface area (TPSA) is 117 Å². The van der Waals surface area contributed by atoms with Gasteiger partial charge in [-0.25, -0.2) is 4.79 Å². The van der Waals surface area contributed by atoms with Crippen LogP contribution in [0.5, 0.6) is 0 Å². The summed E-state index contributed by atoms with van der Waals surface area (Å²) in [5, 5.41) is 14.9. The van der Waals surface area contributed by atoms with E-state index in [-0.39, 0.29) is 16.8 Å². The van der Waals surface area contributed by atoms with Crippen LogP contribution in [0.25, 0.3) is 0 Å². The molecule has 2 aromatic carbocycles. The molecule has 1 amide bonds. The number of hydrogen-bond acceptors (Lipinski definition) is 6. The van der Waals surface area contributed by atoms with Crippen LogP contribution in [0, 0.1) is 11.3 Å². The summed E-state index contributed by atoms with van der Waals surface area (Å²) < 4.78 is 4.67. The molecule has 2 rings (SSSR count). The van der Waals surface area contributed by atoms with Crippen LogP contribution >= 0.6 is 11.6 Å². The largest absolute Gasteiger partial charge is 0.465 e. The first-order valence-corrected chi connectivity index (χ1v) is 7.74. The molecule has 0 aliphatic rings. The Morgan fingerprint density at radius 1 is 1.27 bits per heavy atom. The number of halogens is 1. The number of para-hydroxylation sites is 1. The zero-order chi connectivity index (χ0) is 19.1. The zero-order valence-corrected chi connectivity index (χ0v) is 14.5. The number of nitrogens with two attached hydrogens (primary N) is 1. The Balaban J connectivity index is 2.18. The van der Waals surface area contributed by atoms with Gasteiger partial charge in [0.1, 0.15) is 11.6 Å². The van der Waals surface area contributed by atoms with Crippen molar-refractivity contribution in [3.05, 3.63) is 64.8 Å². The molecule has 0 bridgehead atoms. The lowest BCUT2D eigenvalue weighted by atomic mass is 10.1. The summed E-state index contributed by atoms with van der Waals surface area (Å²) in [6.07, 6.45) is 1.23. The van der Waals surface area contributed by atoms with Crippen molar-refractivity contribution in [2.75, 3.05) is 23.5 Å². The van der Waals surface area contributed by atoms with Gasteiger partial charge in [0, 0.05) is 11.9 Å². The van der Waals surface area contributed by atoms with Crippen LogP contribution < -0.4 is 16.4 Å². The number of amides is 1. The van der Waals surface area contributed by atoms with Gasteiger partial charge in [-0.15, -0.1) is 0 Å². The predicted octanol–water partition coefficient (Wildman–Crippen LogP) is 3.17. The Bertz CT molecular complexity index is 919. The fourth-order valence-electron chi connectivity index (χ4n) is 1.99. The molecule has 7 nitrogen and oxygen atoms in total. The number of nitrogen functional groups attached to an aromatic ring is 1. The Labute approximate surface area is 155 Å². The summed E-state index contributed by atoms with van der Waals surface area (Å²) in [5.74, 6) is -1.28. The second-order valence-corrected chi connectivity index (χ2v) is 5.45. The van der Waals surface area contributed by atoms with Crippen molar-refractivity contribution >= 4 is 40.5 Å². The van der Waals surface area contributed by atoms with Crippen LogP contribution in [0.3, 0.4) is 0 Å². The SMILES string of the molecule is COC(=O)c1ccccc1NC(=O)/C(C#N)=C\Nc1ccc(N)c(Cl)c1. The summed E-state index contributed by atoms with van der Waals surface area (Å²) in [4.78, 5) is 24.0. The molecule has 4 N–H and O–H groups in total. The molecule has 0 saturated carbocycles. The smallest absolute Gasteiger partial charge is 0.339 e. The highest BCUT2D eigenvalue weighted by Crippen LogP contribution is 2.23. The molecule has 8 heteroatoms. The van der Waals surface area contributed by atoms with E-state index < -0.39 is 11.9 Å². The summed E-state index contributed by atoms with van der Waals surface area (Å²) >= 11 is 5.92. The number of hydrogen-bond donors (Lipinski definition) is 3. The van der Waals surface area contributed by atoms with E-state index >= 15 is 0 Å². The Morgan fingerprint density at radius 3 is 2.65 bits per heavy atom. The molecule has 0 aliphatic heterocycles. The van der Waals surface area contributed by atoms with Crippen molar-refractivity contribution in [2.45, 2.75) is 0 Å². The molecule has 0 atom stereocenters. The van der Waals surface area contributed by atoms with E-state index in [1.165, 1.54) is 25.4 Å². The van der Waals surface area contributed by atoms with Crippen LogP contribution in [-0.2, 0) is 9.53 Å². The number of esters is 1. The van der Waals surface area contributed by atoms with Gasteiger partial charge >= 0.3 is 5.97 Å². The van der Waals surface area contributed by atoms with Gasteiger partial charge in [-0.1, -0.05) is 23.7 Å². The van der Waals surface area contributed by atoms with Gasteiger partial charge in [0.25, 0.3) is 5.91 Å². The standard InChI is InChI=1S/C18H15ClN4O3/c1-26-18(25)13-4-2-3-5-16(13)23-17(24)11(9-20)10-22-12-6-7-15(21)14(19)8-12/h2-8,10,22H,21H2,1H3,(H,23,24)/b11-10-. The maximum Gasteiger partial charge on any atom is 0.339 e. The molecule has 0 spiro atoms. The van der Waals surface area contributed by atoms with E-state index in [2.05, 4.69) is 15.4 Å². The summed E-state index contributed by atoms with van der Waals surface area (Å²) in [5.41, 5.74) is 6.82. The molecular formula is C18H15ClN4O3. The van der Waals surface area contributed by atoms with Gasteiger partial charge in [0.15, 0.2) is 0 Å². The number of nitriles is 1. The molecule has 2 aromatic rings. The molecule has 0 saturated heterocycles. The predicted molar refractivity (Wildman–Crippen MR) is 99.6 cm³/mol. The molecule has 0 heterocycles. The van der Waals surface area contributed by atoms with Crippen molar-refractivity contribution < 1.29 is 14.3 Å². The molecule has 132 valence electrons. The van der Waals surface area contributed by atoms with Crippen molar-refractivity contribution in [3.8, 4) is 6.07 Å². The van der Waals surface area contributed by atoms with Crippen molar-refractivity contribution in [3.63, 3.8) is 0 Å². The second-order valence-electron chi connectivity index (χ2n) is 5.04. The normalized spacial score (nSPS) is 10.6. The van der Waals surface area contributed by atoms with Crippen LogP contribution in [0.15, 0.2) is 54.2 Å². The molecule has 0 aliphatic carbocycles. The number of nitrogens with one attached hydrogen (secondary N) is 2. The van der Waals surface area contributed by atoms with E-state index in [0.717, 1.165) is 0 Å². The van der Waals surface area contributed by atoms with Gasteiger partial charge in [-0.05, 0) is 30.3 Å². The first kappa shape index (κ1) is 18.8. The highest BCUT2D eigenvalue weighted by molar-refractivity contribution is 6.33. The van der Waals surface area contributed by atoms with E-state index in [9.17, 15) is 14.9 Å². The van der Waals surface area contributed by atoms with Crippen molar-refractivity contribution in [1.29, 1.82) is 5.26 Å². The minimum Gasteiger partial charge on any atom is -0.465 e. The maximum absolute atomic E-state index is 12.3. The lowest BCUT2D eigenvalue weighted by molar-refractivity contribution is -0.112.